The second-order valence-corrected chi connectivity index (χ2v) is 6.39. The van der Waals surface area contributed by atoms with Crippen LogP contribution in [0.4, 0.5) is 5.13 Å². The minimum Gasteiger partial charge on any atom is -0.263 e. The molecule has 0 bridgehead atoms. The molecule has 6 nitrogen and oxygen atoms in total. The first-order valence-electron chi connectivity index (χ1n) is 4.97. The fourth-order valence-electron chi connectivity index (χ4n) is 1.17. The van der Waals surface area contributed by atoms with Crippen LogP contribution < -0.4 is 4.72 Å². The molecule has 2 heterocycles. The standard InChI is InChI=1S/C9H9ClN4O2S2/c1-2-8-12-13-9(17-8)14-18(15,16)7-5-11-4-3-6(7)10/h3-5H,2H2,1H3,(H,13,14). The summed E-state index contributed by atoms with van der Waals surface area (Å²) in [6.45, 7) is 1.91. The number of hydrogen-bond acceptors (Lipinski definition) is 6. The van der Waals surface area contributed by atoms with Crippen LogP contribution in [0.5, 0.6) is 0 Å². The van der Waals surface area contributed by atoms with Gasteiger partial charge < -0.3 is 0 Å². The van der Waals surface area contributed by atoms with Crippen LogP contribution in [0, 0.1) is 0 Å². The van der Waals surface area contributed by atoms with Crippen molar-refractivity contribution in [1.29, 1.82) is 0 Å². The van der Waals surface area contributed by atoms with Gasteiger partial charge >= 0.3 is 0 Å². The van der Waals surface area contributed by atoms with Gasteiger partial charge in [0, 0.05) is 12.4 Å². The molecule has 0 atom stereocenters. The fraction of sp³-hybridized carbons (Fsp3) is 0.222. The molecular formula is C9H9ClN4O2S2. The summed E-state index contributed by atoms with van der Waals surface area (Å²) in [7, 11) is -3.78. The third-order valence-electron chi connectivity index (χ3n) is 2.01. The summed E-state index contributed by atoms with van der Waals surface area (Å²) in [5.41, 5.74) is 0. The largest absolute Gasteiger partial charge is 0.266 e. The molecule has 0 saturated heterocycles. The third kappa shape index (κ3) is 2.77. The van der Waals surface area contributed by atoms with Gasteiger partial charge in [0.1, 0.15) is 9.90 Å². The highest BCUT2D eigenvalue weighted by molar-refractivity contribution is 7.93. The van der Waals surface area contributed by atoms with Crippen LogP contribution in [0.2, 0.25) is 5.02 Å². The molecule has 2 rings (SSSR count). The molecular weight excluding hydrogens is 296 g/mol. The number of hydrogen-bond donors (Lipinski definition) is 1. The summed E-state index contributed by atoms with van der Waals surface area (Å²) < 4.78 is 26.4. The Morgan fingerprint density at radius 2 is 2.22 bits per heavy atom. The zero-order valence-electron chi connectivity index (χ0n) is 9.29. The lowest BCUT2D eigenvalue weighted by atomic mass is 10.5. The van der Waals surface area contributed by atoms with E-state index in [1.54, 1.807) is 0 Å². The third-order valence-corrected chi connectivity index (χ3v) is 4.93. The minimum absolute atomic E-state index is 0.0834. The zero-order chi connectivity index (χ0) is 13.2. The molecule has 0 aliphatic heterocycles. The summed E-state index contributed by atoms with van der Waals surface area (Å²) in [5, 5.41) is 8.65. The highest BCUT2D eigenvalue weighted by atomic mass is 35.5. The lowest BCUT2D eigenvalue weighted by Gasteiger charge is -2.05. The van der Waals surface area contributed by atoms with Crippen LogP contribution in [-0.2, 0) is 16.4 Å². The molecule has 96 valence electrons. The molecule has 18 heavy (non-hydrogen) atoms. The number of aryl methyl sites for hydroxylation is 1. The summed E-state index contributed by atoms with van der Waals surface area (Å²) in [5.74, 6) is 0. The first-order valence-corrected chi connectivity index (χ1v) is 7.65. The van der Waals surface area contributed by atoms with E-state index in [-0.39, 0.29) is 15.0 Å². The highest BCUT2D eigenvalue weighted by Crippen LogP contribution is 2.24. The van der Waals surface area contributed by atoms with Gasteiger partial charge in [0.05, 0.1) is 5.02 Å². The Bertz CT molecular complexity index is 656. The monoisotopic (exact) mass is 304 g/mol. The Morgan fingerprint density at radius 1 is 1.44 bits per heavy atom. The zero-order valence-corrected chi connectivity index (χ0v) is 11.7. The summed E-state index contributed by atoms with van der Waals surface area (Å²) in [6, 6.07) is 1.41. The van der Waals surface area contributed by atoms with Gasteiger partial charge in [0.15, 0.2) is 0 Å². The Labute approximate surface area is 113 Å². The quantitative estimate of drug-likeness (QED) is 0.933. The smallest absolute Gasteiger partial charge is 0.263 e. The average molecular weight is 305 g/mol. The van der Waals surface area contributed by atoms with Crippen LogP contribution in [0.1, 0.15) is 11.9 Å². The molecule has 9 heteroatoms. The predicted octanol–water partition coefficient (Wildman–Crippen LogP) is 1.95. The first-order chi connectivity index (χ1) is 8.53. The van der Waals surface area contributed by atoms with Gasteiger partial charge in [-0.1, -0.05) is 29.9 Å². The van der Waals surface area contributed by atoms with E-state index in [9.17, 15) is 8.42 Å². The molecule has 0 spiro atoms. The molecule has 2 aromatic heterocycles. The van der Waals surface area contributed by atoms with Crippen molar-refractivity contribution >= 4 is 38.1 Å². The summed E-state index contributed by atoms with van der Waals surface area (Å²) >= 11 is 7.00. The van der Waals surface area contributed by atoms with Crippen LogP contribution in [0.3, 0.4) is 0 Å². The van der Waals surface area contributed by atoms with Gasteiger partial charge in [-0.15, -0.1) is 10.2 Å². The van der Waals surface area contributed by atoms with E-state index in [4.69, 9.17) is 11.6 Å². The maximum absolute atomic E-state index is 12.0. The maximum atomic E-state index is 12.0. The van der Waals surface area contributed by atoms with Crippen LogP contribution in [0.25, 0.3) is 0 Å². The van der Waals surface area contributed by atoms with E-state index in [0.29, 0.717) is 6.42 Å². The van der Waals surface area contributed by atoms with Crippen molar-refractivity contribution < 1.29 is 8.42 Å². The minimum atomic E-state index is -3.78. The lowest BCUT2D eigenvalue weighted by molar-refractivity contribution is 0.600. The van der Waals surface area contributed by atoms with Crippen LogP contribution in [0.15, 0.2) is 23.4 Å². The highest BCUT2D eigenvalue weighted by Gasteiger charge is 2.19. The molecule has 1 N–H and O–H groups in total. The van der Waals surface area contributed by atoms with Gasteiger partial charge in [-0.2, -0.15) is 0 Å². The Hall–Kier alpha value is -1.25. The van der Waals surface area contributed by atoms with Crippen LogP contribution >= 0.6 is 22.9 Å². The van der Waals surface area contributed by atoms with Crippen molar-refractivity contribution in [3.63, 3.8) is 0 Å². The first kappa shape index (κ1) is 13.2. The molecule has 0 fully saturated rings. The number of rotatable bonds is 4. The topological polar surface area (TPSA) is 84.8 Å². The fourth-order valence-corrected chi connectivity index (χ4v) is 3.51. The Morgan fingerprint density at radius 3 is 2.83 bits per heavy atom. The normalized spacial score (nSPS) is 11.4. The maximum Gasteiger partial charge on any atom is 0.266 e. The van der Waals surface area contributed by atoms with E-state index >= 15 is 0 Å². The number of anilines is 1. The average Bonchev–Trinajstić information content (AvgIpc) is 2.76. The van der Waals surface area contributed by atoms with Crippen molar-refractivity contribution in [3.8, 4) is 0 Å². The molecule has 0 amide bonds. The van der Waals surface area contributed by atoms with Gasteiger partial charge in [0.2, 0.25) is 5.13 Å². The number of aromatic nitrogens is 3. The lowest BCUT2D eigenvalue weighted by Crippen LogP contribution is -2.13. The molecule has 2 aromatic rings. The number of sulfonamides is 1. The van der Waals surface area contributed by atoms with E-state index in [2.05, 4.69) is 19.9 Å². The van der Waals surface area contributed by atoms with Gasteiger partial charge in [-0.25, -0.2) is 8.42 Å². The molecule has 0 aromatic carbocycles. The number of pyridine rings is 1. The van der Waals surface area contributed by atoms with E-state index in [1.165, 1.54) is 29.8 Å². The Kier molecular flexibility index (Phi) is 3.79. The molecule has 0 aliphatic carbocycles. The van der Waals surface area contributed by atoms with E-state index in [0.717, 1.165) is 5.01 Å². The second kappa shape index (κ2) is 5.17. The predicted molar refractivity (Wildman–Crippen MR) is 69.3 cm³/mol. The molecule has 0 unspecified atom stereocenters. The van der Waals surface area contributed by atoms with E-state index in [1.807, 2.05) is 6.92 Å². The van der Waals surface area contributed by atoms with Crippen molar-refractivity contribution in [3.05, 3.63) is 28.5 Å². The van der Waals surface area contributed by atoms with Gasteiger partial charge in [0.25, 0.3) is 10.0 Å². The molecule has 0 radical (unpaired) electrons. The number of nitrogens with zero attached hydrogens (tertiary/aromatic N) is 3. The second-order valence-electron chi connectivity index (χ2n) is 3.27. The summed E-state index contributed by atoms with van der Waals surface area (Å²) in [6.07, 6.45) is 3.31. The van der Waals surface area contributed by atoms with Crippen LogP contribution in [-0.4, -0.2) is 23.6 Å². The van der Waals surface area contributed by atoms with Gasteiger partial charge in [-0.3, -0.25) is 9.71 Å². The summed E-state index contributed by atoms with van der Waals surface area (Å²) in [4.78, 5) is 3.66. The number of nitrogens with one attached hydrogen (secondary N) is 1. The van der Waals surface area contributed by atoms with Crippen molar-refractivity contribution in [2.45, 2.75) is 18.2 Å². The van der Waals surface area contributed by atoms with Crippen molar-refractivity contribution in [2.24, 2.45) is 0 Å². The van der Waals surface area contributed by atoms with Gasteiger partial charge in [-0.05, 0) is 12.5 Å². The molecule has 0 saturated carbocycles. The van der Waals surface area contributed by atoms with Crippen molar-refractivity contribution in [1.82, 2.24) is 15.2 Å². The van der Waals surface area contributed by atoms with Crippen molar-refractivity contribution in [2.75, 3.05) is 4.72 Å². The SMILES string of the molecule is CCc1nnc(NS(=O)(=O)c2cnccc2Cl)s1. The Balaban J connectivity index is 2.30. The van der Waals surface area contributed by atoms with E-state index < -0.39 is 10.0 Å². The number of halogens is 1. The molecule has 0 aliphatic rings.